The lowest BCUT2D eigenvalue weighted by Crippen LogP contribution is -2.33. The quantitative estimate of drug-likeness (QED) is 0.773. The molecule has 1 aliphatic carbocycles. The van der Waals surface area contributed by atoms with Gasteiger partial charge in [0.25, 0.3) is 0 Å². The zero-order valence-corrected chi connectivity index (χ0v) is 12.2. The van der Waals surface area contributed by atoms with Gasteiger partial charge >= 0.3 is 0 Å². The van der Waals surface area contributed by atoms with Crippen molar-refractivity contribution in [3.63, 3.8) is 0 Å². The molecule has 0 aromatic carbocycles. The van der Waals surface area contributed by atoms with Crippen LogP contribution in [0.3, 0.4) is 0 Å². The number of aryl methyl sites for hydroxylation is 1. The highest BCUT2D eigenvalue weighted by atomic mass is 32.2. The van der Waals surface area contributed by atoms with Crippen molar-refractivity contribution < 1.29 is 12.8 Å². The molecule has 2 rings (SSSR count). The van der Waals surface area contributed by atoms with Gasteiger partial charge < -0.3 is 9.73 Å². The summed E-state index contributed by atoms with van der Waals surface area (Å²) in [5, 5.41) is 2.95. The van der Waals surface area contributed by atoms with E-state index in [1.165, 1.54) is 4.31 Å². The van der Waals surface area contributed by atoms with Gasteiger partial charge in [-0.1, -0.05) is 6.08 Å². The summed E-state index contributed by atoms with van der Waals surface area (Å²) in [6, 6.07) is 1.73. The highest BCUT2D eigenvalue weighted by Gasteiger charge is 2.38. The third-order valence-electron chi connectivity index (χ3n) is 3.12. The molecule has 0 atom stereocenters. The van der Waals surface area contributed by atoms with Gasteiger partial charge in [0.15, 0.2) is 0 Å². The topological polar surface area (TPSA) is 62.6 Å². The Morgan fingerprint density at radius 2 is 2.26 bits per heavy atom. The molecular formula is C13H20N2O3S. The van der Waals surface area contributed by atoms with Crippen LogP contribution in [0, 0.1) is 6.92 Å². The van der Waals surface area contributed by atoms with Crippen molar-refractivity contribution in [1.29, 1.82) is 0 Å². The lowest BCUT2D eigenvalue weighted by atomic mass is 10.4. The summed E-state index contributed by atoms with van der Waals surface area (Å²) in [7, 11) is -1.70. The Morgan fingerprint density at radius 3 is 2.79 bits per heavy atom. The van der Waals surface area contributed by atoms with Crippen molar-refractivity contribution in [2.75, 3.05) is 13.6 Å². The van der Waals surface area contributed by atoms with Gasteiger partial charge in [0.2, 0.25) is 10.0 Å². The second-order valence-corrected chi connectivity index (χ2v) is 6.62. The molecule has 0 saturated heterocycles. The van der Waals surface area contributed by atoms with Crippen molar-refractivity contribution in [1.82, 2.24) is 9.62 Å². The summed E-state index contributed by atoms with van der Waals surface area (Å²) in [4.78, 5) is 0.270. The summed E-state index contributed by atoms with van der Waals surface area (Å²) in [5.74, 6) is 1.08. The Hall–Kier alpha value is -1.11. The van der Waals surface area contributed by atoms with Crippen molar-refractivity contribution in [3.05, 3.63) is 30.2 Å². The van der Waals surface area contributed by atoms with Crippen LogP contribution in [0.5, 0.6) is 0 Å². The average Bonchev–Trinajstić information content (AvgIpc) is 3.10. The van der Waals surface area contributed by atoms with E-state index < -0.39 is 10.0 Å². The fraction of sp³-hybridized carbons (Fsp3) is 0.538. The van der Waals surface area contributed by atoms with Crippen LogP contribution < -0.4 is 5.32 Å². The number of nitrogens with zero attached hydrogens (tertiary/aromatic N) is 1. The Balaban J connectivity index is 2.34. The van der Waals surface area contributed by atoms with E-state index in [2.05, 4.69) is 11.9 Å². The Morgan fingerprint density at radius 1 is 1.58 bits per heavy atom. The van der Waals surface area contributed by atoms with Gasteiger partial charge in [-0.15, -0.1) is 6.58 Å². The highest BCUT2D eigenvalue weighted by Crippen LogP contribution is 2.33. The van der Waals surface area contributed by atoms with E-state index in [0.29, 0.717) is 24.6 Å². The van der Waals surface area contributed by atoms with Crippen LogP contribution >= 0.6 is 0 Å². The third-order valence-corrected chi connectivity index (χ3v) is 5.15. The zero-order valence-electron chi connectivity index (χ0n) is 11.3. The van der Waals surface area contributed by atoms with Gasteiger partial charge in [-0.2, -0.15) is 4.31 Å². The normalized spacial score (nSPS) is 15.9. The van der Waals surface area contributed by atoms with Crippen molar-refractivity contribution in [3.8, 4) is 0 Å². The average molecular weight is 284 g/mol. The van der Waals surface area contributed by atoms with Crippen LogP contribution in [0.1, 0.15) is 24.4 Å². The maximum absolute atomic E-state index is 12.6. The van der Waals surface area contributed by atoms with E-state index in [-0.39, 0.29) is 10.9 Å². The van der Waals surface area contributed by atoms with Crippen molar-refractivity contribution in [2.45, 2.75) is 37.2 Å². The zero-order chi connectivity index (χ0) is 14.0. The van der Waals surface area contributed by atoms with E-state index >= 15 is 0 Å². The second kappa shape index (κ2) is 5.48. The molecule has 0 aliphatic heterocycles. The molecule has 1 aromatic rings. The number of hydrogen-bond acceptors (Lipinski definition) is 4. The molecule has 0 spiro atoms. The SMILES string of the molecule is C=CCN(C1CC1)S(=O)(=O)c1cc(CNC)oc1C. The minimum Gasteiger partial charge on any atom is -0.464 e. The first-order chi connectivity index (χ1) is 9.00. The van der Waals surface area contributed by atoms with Gasteiger partial charge in [0.1, 0.15) is 16.4 Å². The monoisotopic (exact) mass is 284 g/mol. The van der Waals surface area contributed by atoms with Crippen molar-refractivity contribution in [2.24, 2.45) is 0 Å². The van der Waals surface area contributed by atoms with E-state index in [1.54, 1.807) is 26.1 Å². The summed E-state index contributed by atoms with van der Waals surface area (Å²) in [5.41, 5.74) is 0. The minimum absolute atomic E-state index is 0.116. The van der Waals surface area contributed by atoms with Crippen LogP contribution in [0.15, 0.2) is 28.0 Å². The molecule has 0 unspecified atom stereocenters. The molecule has 0 amide bonds. The van der Waals surface area contributed by atoms with Crippen LogP contribution in [-0.4, -0.2) is 32.4 Å². The van der Waals surface area contributed by atoms with Gasteiger partial charge in [-0.25, -0.2) is 8.42 Å². The summed E-state index contributed by atoms with van der Waals surface area (Å²) >= 11 is 0. The number of nitrogens with one attached hydrogen (secondary N) is 1. The third kappa shape index (κ3) is 2.91. The maximum Gasteiger partial charge on any atom is 0.247 e. The number of furan rings is 1. The molecule has 1 N–H and O–H groups in total. The van der Waals surface area contributed by atoms with E-state index in [9.17, 15) is 8.42 Å². The standard InChI is InChI=1S/C13H20N2O3S/c1-4-7-15(11-5-6-11)19(16,17)13-8-12(9-14-3)18-10(13)2/h4,8,11,14H,1,5-7,9H2,2-3H3. The fourth-order valence-corrected chi connectivity index (χ4v) is 3.94. The summed E-state index contributed by atoms with van der Waals surface area (Å²) in [6.45, 7) is 6.18. The molecule has 1 heterocycles. The second-order valence-electron chi connectivity index (χ2n) is 4.76. The molecule has 1 aliphatic rings. The Labute approximate surface area is 114 Å². The molecule has 0 radical (unpaired) electrons. The molecule has 1 saturated carbocycles. The van der Waals surface area contributed by atoms with E-state index in [4.69, 9.17) is 4.42 Å². The molecule has 0 bridgehead atoms. The number of rotatable bonds is 7. The maximum atomic E-state index is 12.6. The summed E-state index contributed by atoms with van der Waals surface area (Å²) in [6.07, 6.45) is 3.47. The molecule has 6 heteroatoms. The molecule has 1 fully saturated rings. The molecular weight excluding hydrogens is 264 g/mol. The molecule has 1 aromatic heterocycles. The smallest absolute Gasteiger partial charge is 0.247 e. The minimum atomic E-state index is -3.49. The molecule has 19 heavy (non-hydrogen) atoms. The predicted octanol–water partition coefficient (Wildman–Crippen LogP) is 1.65. The van der Waals surface area contributed by atoms with Crippen molar-refractivity contribution >= 4 is 10.0 Å². The first-order valence-corrected chi connectivity index (χ1v) is 7.81. The van der Waals surface area contributed by atoms with Crippen LogP contribution in [0.25, 0.3) is 0 Å². The number of hydrogen-bond donors (Lipinski definition) is 1. The lowest BCUT2D eigenvalue weighted by molar-refractivity contribution is 0.430. The fourth-order valence-electron chi connectivity index (χ4n) is 2.10. The lowest BCUT2D eigenvalue weighted by Gasteiger charge is -2.19. The first-order valence-electron chi connectivity index (χ1n) is 6.37. The molecule has 5 nitrogen and oxygen atoms in total. The summed E-state index contributed by atoms with van der Waals surface area (Å²) < 4.78 is 32.3. The highest BCUT2D eigenvalue weighted by molar-refractivity contribution is 7.89. The van der Waals surface area contributed by atoms with Crippen LogP contribution in [-0.2, 0) is 16.6 Å². The van der Waals surface area contributed by atoms with Gasteiger partial charge in [0, 0.05) is 18.7 Å². The Bertz CT molecular complexity index is 558. The predicted molar refractivity (Wildman–Crippen MR) is 73.3 cm³/mol. The first kappa shape index (κ1) is 14.3. The van der Waals surface area contributed by atoms with Gasteiger partial charge in [-0.05, 0) is 26.8 Å². The van der Waals surface area contributed by atoms with E-state index in [1.807, 2.05) is 0 Å². The number of sulfonamides is 1. The van der Waals surface area contributed by atoms with E-state index in [0.717, 1.165) is 12.8 Å². The van der Waals surface area contributed by atoms with Gasteiger partial charge in [-0.3, -0.25) is 0 Å². The van der Waals surface area contributed by atoms with Crippen LogP contribution in [0.4, 0.5) is 0 Å². The van der Waals surface area contributed by atoms with Crippen LogP contribution in [0.2, 0.25) is 0 Å². The largest absolute Gasteiger partial charge is 0.464 e. The molecule has 106 valence electrons. The Kier molecular flexibility index (Phi) is 4.13. The van der Waals surface area contributed by atoms with Gasteiger partial charge in [0.05, 0.1) is 6.54 Å².